The zero-order valence-corrected chi connectivity index (χ0v) is 13.4. The number of hydrogen-bond acceptors (Lipinski definition) is 4. The maximum atomic E-state index is 12.2. The Balaban J connectivity index is 2.38. The van der Waals surface area contributed by atoms with E-state index in [1.165, 1.54) is 25.4 Å². The Morgan fingerprint density at radius 2 is 1.90 bits per heavy atom. The van der Waals surface area contributed by atoms with Crippen molar-refractivity contribution in [2.24, 2.45) is 0 Å². The smallest absolute Gasteiger partial charge is 0.275 e. The van der Waals surface area contributed by atoms with E-state index >= 15 is 0 Å². The average Bonchev–Trinajstić information content (AvgIpc) is 2.48. The number of rotatable bonds is 4. The molecule has 0 bridgehead atoms. The number of amides is 1. The van der Waals surface area contributed by atoms with Crippen LogP contribution in [0.5, 0.6) is 0 Å². The van der Waals surface area contributed by atoms with Crippen LogP contribution in [0.2, 0.25) is 0 Å². The minimum atomic E-state index is -3.66. The first kappa shape index (κ1) is 15.6. The molecule has 0 radical (unpaired) electrons. The number of aromatic nitrogens is 1. The Labute approximate surface area is 130 Å². The molecule has 6 nitrogen and oxygen atoms in total. The number of sulfonamides is 1. The first-order valence-electron chi connectivity index (χ1n) is 5.90. The molecule has 2 rings (SSSR count). The summed E-state index contributed by atoms with van der Waals surface area (Å²) >= 11 is 3.23. The van der Waals surface area contributed by atoms with E-state index in [4.69, 9.17) is 0 Å². The monoisotopic (exact) mass is 369 g/mol. The summed E-state index contributed by atoms with van der Waals surface area (Å²) in [4.78, 5) is 16.1. The number of halogens is 1. The van der Waals surface area contributed by atoms with Gasteiger partial charge < -0.3 is 5.32 Å². The van der Waals surface area contributed by atoms with Crippen molar-refractivity contribution in [1.82, 2.24) is 9.71 Å². The summed E-state index contributed by atoms with van der Waals surface area (Å²) in [7, 11) is -2.35. The Kier molecular flexibility index (Phi) is 4.71. The highest BCUT2D eigenvalue weighted by Crippen LogP contribution is 2.22. The minimum Gasteiger partial charge on any atom is -0.319 e. The van der Waals surface area contributed by atoms with Gasteiger partial charge in [-0.1, -0.05) is 12.1 Å². The molecule has 0 aliphatic carbocycles. The second-order valence-electron chi connectivity index (χ2n) is 3.99. The van der Waals surface area contributed by atoms with Crippen LogP contribution in [0.4, 0.5) is 5.69 Å². The molecule has 21 heavy (non-hydrogen) atoms. The van der Waals surface area contributed by atoms with Gasteiger partial charge in [0.15, 0.2) is 0 Å². The van der Waals surface area contributed by atoms with Gasteiger partial charge in [-0.2, -0.15) is 0 Å². The number of benzene rings is 1. The quantitative estimate of drug-likeness (QED) is 0.862. The van der Waals surface area contributed by atoms with Crippen LogP contribution in [0.15, 0.2) is 52.0 Å². The fraction of sp³-hybridized carbons (Fsp3) is 0.0769. The highest BCUT2D eigenvalue weighted by molar-refractivity contribution is 9.10. The van der Waals surface area contributed by atoms with Crippen molar-refractivity contribution in [3.05, 3.63) is 52.8 Å². The van der Waals surface area contributed by atoms with Crippen LogP contribution in [-0.2, 0) is 10.0 Å². The predicted molar refractivity (Wildman–Crippen MR) is 82.6 cm³/mol. The molecule has 2 N–H and O–H groups in total. The van der Waals surface area contributed by atoms with Crippen molar-refractivity contribution in [2.45, 2.75) is 4.90 Å². The molecule has 0 saturated carbocycles. The van der Waals surface area contributed by atoms with Crippen molar-refractivity contribution in [1.29, 1.82) is 0 Å². The lowest BCUT2D eigenvalue weighted by atomic mass is 10.3. The van der Waals surface area contributed by atoms with E-state index in [0.717, 1.165) is 0 Å². The van der Waals surface area contributed by atoms with Crippen LogP contribution in [0.3, 0.4) is 0 Å². The summed E-state index contributed by atoms with van der Waals surface area (Å²) in [5, 5.41) is 2.56. The summed E-state index contributed by atoms with van der Waals surface area (Å²) < 4.78 is 26.6. The molecular weight excluding hydrogens is 358 g/mol. The van der Waals surface area contributed by atoms with Gasteiger partial charge in [0.2, 0.25) is 10.0 Å². The second-order valence-corrected chi connectivity index (χ2v) is 6.70. The van der Waals surface area contributed by atoms with Crippen LogP contribution in [-0.4, -0.2) is 26.4 Å². The third-order valence-corrected chi connectivity index (χ3v) is 4.78. The van der Waals surface area contributed by atoms with E-state index in [1.807, 2.05) is 0 Å². The number of carbonyl (C=O) groups excluding carboxylic acids is 1. The molecular formula is C13H12BrN3O3S. The maximum absolute atomic E-state index is 12.2. The third-order valence-electron chi connectivity index (χ3n) is 2.67. The van der Waals surface area contributed by atoms with Gasteiger partial charge in [-0.3, -0.25) is 4.79 Å². The number of nitrogens with zero attached hydrogens (tertiary/aromatic N) is 1. The largest absolute Gasteiger partial charge is 0.319 e. The SMILES string of the molecule is CNS(=O)(=O)c1ccccc1NC(=O)c1ncccc1Br. The van der Waals surface area contributed by atoms with Crippen molar-refractivity contribution < 1.29 is 13.2 Å². The molecule has 1 aromatic heterocycles. The number of para-hydroxylation sites is 1. The minimum absolute atomic E-state index is 0.00657. The summed E-state index contributed by atoms with van der Waals surface area (Å²) in [5.41, 5.74) is 0.364. The van der Waals surface area contributed by atoms with Gasteiger partial charge in [-0.15, -0.1) is 0 Å². The first-order chi connectivity index (χ1) is 9.95. The highest BCUT2D eigenvalue weighted by atomic mass is 79.9. The van der Waals surface area contributed by atoms with Gasteiger partial charge in [-0.05, 0) is 47.2 Å². The van der Waals surface area contributed by atoms with Gasteiger partial charge in [0.25, 0.3) is 5.91 Å². The topological polar surface area (TPSA) is 88.2 Å². The van der Waals surface area contributed by atoms with Crippen molar-refractivity contribution in [2.75, 3.05) is 12.4 Å². The van der Waals surface area contributed by atoms with Crippen molar-refractivity contribution in [3.63, 3.8) is 0 Å². The summed E-state index contributed by atoms with van der Waals surface area (Å²) in [6.07, 6.45) is 1.48. The van der Waals surface area contributed by atoms with Crippen LogP contribution in [0.1, 0.15) is 10.5 Å². The fourth-order valence-corrected chi connectivity index (χ4v) is 2.97. The lowest BCUT2D eigenvalue weighted by Gasteiger charge is -2.11. The molecule has 8 heteroatoms. The predicted octanol–water partition coefficient (Wildman–Crippen LogP) is 2.00. The second kappa shape index (κ2) is 6.33. The first-order valence-corrected chi connectivity index (χ1v) is 8.18. The standard InChI is InChI=1S/C13H12BrN3O3S/c1-15-21(19,20)11-7-3-2-6-10(11)17-13(18)12-9(14)5-4-8-16-12/h2-8,15H,1H3,(H,17,18). The number of anilines is 1. The number of hydrogen-bond donors (Lipinski definition) is 2. The summed E-state index contributed by atoms with van der Waals surface area (Å²) in [6.45, 7) is 0. The molecule has 0 aliphatic heterocycles. The van der Waals surface area contributed by atoms with Crippen LogP contribution in [0.25, 0.3) is 0 Å². The van der Waals surface area contributed by atoms with Gasteiger partial charge in [0, 0.05) is 10.7 Å². The average molecular weight is 370 g/mol. The molecule has 0 saturated heterocycles. The summed E-state index contributed by atoms with van der Waals surface area (Å²) in [6, 6.07) is 9.50. The maximum Gasteiger partial charge on any atom is 0.275 e. The number of pyridine rings is 1. The molecule has 0 aliphatic rings. The molecule has 1 amide bonds. The van der Waals surface area contributed by atoms with E-state index in [2.05, 4.69) is 31.0 Å². The van der Waals surface area contributed by atoms with Crippen LogP contribution >= 0.6 is 15.9 Å². The Morgan fingerprint density at radius 1 is 1.19 bits per heavy atom. The van der Waals surface area contributed by atoms with Crippen molar-refractivity contribution in [3.8, 4) is 0 Å². The van der Waals surface area contributed by atoms with Crippen LogP contribution < -0.4 is 10.0 Å². The molecule has 0 fully saturated rings. The zero-order chi connectivity index (χ0) is 15.5. The third kappa shape index (κ3) is 3.46. The normalized spacial score (nSPS) is 11.1. The lowest BCUT2D eigenvalue weighted by Crippen LogP contribution is -2.22. The van der Waals surface area contributed by atoms with Crippen molar-refractivity contribution >= 4 is 37.5 Å². The van der Waals surface area contributed by atoms with Gasteiger partial charge >= 0.3 is 0 Å². The lowest BCUT2D eigenvalue weighted by molar-refractivity contribution is 0.102. The number of carbonyl (C=O) groups is 1. The van der Waals surface area contributed by atoms with Crippen LogP contribution in [0, 0.1) is 0 Å². The molecule has 2 aromatic rings. The van der Waals surface area contributed by atoms with E-state index in [-0.39, 0.29) is 16.3 Å². The van der Waals surface area contributed by atoms with E-state index in [1.54, 1.807) is 24.3 Å². The Morgan fingerprint density at radius 3 is 2.57 bits per heavy atom. The molecule has 1 aromatic carbocycles. The zero-order valence-electron chi connectivity index (χ0n) is 11.0. The molecule has 0 spiro atoms. The van der Waals surface area contributed by atoms with E-state index in [9.17, 15) is 13.2 Å². The molecule has 0 unspecified atom stereocenters. The number of nitrogens with one attached hydrogen (secondary N) is 2. The molecule has 110 valence electrons. The van der Waals surface area contributed by atoms with Gasteiger partial charge in [0.05, 0.1) is 5.69 Å². The Hall–Kier alpha value is -1.77. The fourth-order valence-electron chi connectivity index (χ4n) is 1.65. The molecule has 0 atom stereocenters. The molecule has 1 heterocycles. The van der Waals surface area contributed by atoms with E-state index in [0.29, 0.717) is 4.47 Å². The highest BCUT2D eigenvalue weighted by Gasteiger charge is 2.19. The Bertz CT molecular complexity index is 778. The van der Waals surface area contributed by atoms with E-state index < -0.39 is 15.9 Å². The van der Waals surface area contributed by atoms with Gasteiger partial charge in [-0.25, -0.2) is 18.1 Å². The van der Waals surface area contributed by atoms with Gasteiger partial charge in [0.1, 0.15) is 10.6 Å². The summed E-state index contributed by atoms with van der Waals surface area (Å²) in [5.74, 6) is -0.499.